The van der Waals surface area contributed by atoms with E-state index in [1.54, 1.807) is 0 Å². The number of nitrogens with zero attached hydrogens (tertiary/aromatic N) is 3. The molecule has 0 aromatic heterocycles. The van der Waals surface area contributed by atoms with Crippen LogP contribution in [0.3, 0.4) is 0 Å². The maximum absolute atomic E-state index is 11.8. The molecule has 4 amide bonds. The summed E-state index contributed by atoms with van der Waals surface area (Å²) >= 11 is 0. The predicted octanol–water partition coefficient (Wildman–Crippen LogP) is 0.364. The third-order valence-electron chi connectivity index (χ3n) is 2.71. The van der Waals surface area contributed by atoms with Gasteiger partial charge in [-0.1, -0.05) is 30.3 Å². The number of carbonyl (C=O) groups excluding carboxylic acids is 3. The summed E-state index contributed by atoms with van der Waals surface area (Å²) in [5.41, 5.74) is 0.740. The van der Waals surface area contributed by atoms with Gasteiger partial charge in [0.2, 0.25) is 6.41 Å². The Bertz CT molecular complexity index is 607. The fourth-order valence-electron chi connectivity index (χ4n) is 1.63. The number of nitrogens with one attached hydrogen (secondary N) is 1. The molecule has 1 aromatic carbocycles. The highest BCUT2D eigenvalue weighted by Gasteiger charge is 2.33. The van der Waals surface area contributed by atoms with Crippen molar-refractivity contribution in [1.82, 2.24) is 10.2 Å². The standard InChI is InChI=1S/C13H12N4O3/c1-17-12(19)10(15-8-18)11(16-13(17)20)14-7-9-5-3-2-4-6-9/h2-6,8H,7H2,1H3,(H,14,16,20). The van der Waals surface area contributed by atoms with Crippen LogP contribution in [0.4, 0.5) is 4.79 Å². The Kier molecular flexibility index (Phi) is 3.99. The van der Waals surface area contributed by atoms with E-state index in [9.17, 15) is 14.4 Å². The number of aliphatic imine (C=N–C) groups is 2. The van der Waals surface area contributed by atoms with Crippen molar-refractivity contribution >= 4 is 29.9 Å². The normalized spacial score (nSPS) is 19.4. The molecule has 1 saturated heterocycles. The van der Waals surface area contributed by atoms with Gasteiger partial charge in [-0.05, 0) is 5.56 Å². The van der Waals surface area contributed by atoms with E-state index in [0.717, 1.165) is 10.5 Å². The van der Waals surface area contributed by atoms with Gasteiger partial charge in [0.1, 0.15) is 0 Å². The van der Waals surface area contributed by atoms with Crippen LogP contribution in [0.5, 0.6) is 0 Å². The molecule has 0 radical (unpaired) electrons. The first kappa shape index (κ1) is 13.6. The van der Waals surface area contributed by atoms with Crippen molar-refractivity contribution in [3.8, 4) is 0 Å². The molecule has 20 heavy (non-hydrogen) atoms. The Balaban J connectivity index is 2.28. The molecule has 0 bridgehead atoms. The lowest BCUT2D eigenvalue weighted by molar-refractivity contribution is -0.120. The van der Waals surface area contributed by atoms with E-state index < -0.39 is 11.9 Å². The lowest BCUT2D eigenvalue weighted by Gasteiger charge is -2.23. The second-order valence-corrected chi connectivity index (χ2v) is 4.03. The van der Waals surface area contributed by atoms with Gasteiger partial charge < -0.3 is 0 Å². The predicted molar refractivity (Wildman–Crippen MR) is 72.4 cm³/mol. The molecule has 0 atom stereocenters. The highest BCUT2D eigenvalue weighted by Crippen LogP contribution is 2.04. The third-order valence-corrected chi connectivity index (χ3v) is 2.71. The number of amidine groups is 1. The van der Waals surface area contributed by atoms with Gasteiger partial charge in [0.15, 0.2) is 11.5 Å². The highest BCUT2D eigenvalue weighted by atomic mass is 16.2. The fraction of sp³-hybridized carbons (Fsp3) is 0.154. The Morgan fingerprint density at radius 3 is 2.60 bits per heavy atom. The zero-order valence-corrected chi connectivity index (χ0v) is 10.7. The number of benzene rings is 1. The number of imide groups is 1. The van der Waals surface area contributed by atoms with E-state index in [0.29, 0.717) is 0 Å². The van der Waals surface area contributed by atoms with Gasteiger partial charge in [0, 0.05) is 7.05 Å². The second-order valence-electron chi connectivity index (χ2n) is 4.03. The van der Waals surface area contributed by atoms with Gasteiger partial charge in [0.05, 0.1) is 6.54 Å². The molecule has 0 unspecified atom stereocenters. The minimum absolute atomic E-state index is 0.00838. The molecule has 1 aliphatic rings. The summed E-state index contributed by atoms with van der Waals surface area (Å²) in [7, 11) is 1.30. The number of rotatable bonds is 3. The van der Waals surface area contributed by atoms with Crippen LogP contribution >= 0.6 is 0 Å². The van der Waals surface area contributed by atoms with Gasteiger partial charge in [-0.25, -0.2) is 9.79 Å². The van der Waals surface area contributed by atoms with Crippen molar-refractivity contribution < 1.29 is 14.4 Å². The Hall–Kier alpha value is -2.83. The van der Waals surface area contributed by atoms with Crippen LogP contribution in [0.15, 0.2) is 40.3 Å². The maximum atomic E-state index is 11.8. The van der Waals surface area contributed by atoms with Crippen molar-refractivity contribution in [3.05, 3.63) is 35.9 Å². The van der Waals surface area contributed by atoms with Crippen molar-refractivity contribution in [3.63, 3.8) is 0 Å². The van der Waals surface area contributed by atoms with Gasteiger partial charge in [-0.3, -0.25) is 24.8 Å². The Morgan fingerprint density at radius 2 is 1.95 bits per heavy atom. The smallest absolute Gasteiger partial charge is 0.290 e. The Morgan fingerprint density at radius 1 is 1.25 bits per heavy atom. The van der Waals surface area contributed by atoms with Crippen molar-refractivity contribution in [2.45, 2.75) is 6.54 Å². The molecule has 1 heterocycles. The minimum Gasteiger partial charge on any atom is -0.290 e. The van der Waals surface area contributed by atoms with Crippen molar-refractivity contribution in [2.24, 2.45) is 9.98 Å². The summed E-state index contributed by atoms with van der Waals surface area (Å²) in [4.78, 5) is 42.3. The second kappa shape index (κ2) is 5.87. The monoisotopic (exact) mass is 272 g/mol. The lowest BCUT2D eigenvalue weighted by atomic mass is 10.2. The summed E-state index contributed by atoms with van der Waals surface area (Å²) in [6, 6.07) is 8.70. The molecule has 1 N–H and O–H groups in total. The SMILES string of the molecule is CN1C(=O)NC(=NCc2ccccc2)C(=NC=O)C1=O. The number of amides is 4. The number of hydrogen-bond donors (Lipinski definition) is 1. The zero-order valence-electron chi connectivity index (χ0n) is 10.7. The molecule has 7 nitrogen and oxygen atoms in total. The summed E-state index contributed by atoms with van der Waals surface area (Å²) in [6.45, 7) is 0.269. The largest absolute Gasteiger partial charge is 0.329 e. The molecule has 102 valence electrons. The maximum Gasteiger partial charge on any atom is 0.329 e. The van der Waals surface area contributed by atoms with Gasteiger partial charge in [-0.15, -0.1) is 0 Å². The minimum atomic E-state index is -0.660. The topological polar surface area (TPSA) is 91.2 Å². The van der Waals surface area contributed by atoms with Crippen LogP contribution < -0.4 is 5.32 Å². The zero-order chi connectivity index (χ0) is 14.5. The van der Waals surface area contributed by atoms with E-state index in [4.69, 9.17) is 0 Å². The van der Waals surface area contributed by atoms with Crippen LogP contribution in [-0.2, 0) is 16.1 Å². The fourth-order valence-corrected chi connectivity index (χ4v) is 1.63. The molecular formula is C13H12N4O3. The molecular weight excluding hydrogens is 260 g/mol. The summed E-state index contributed by atoms with van der Waals surface area (Å²) in [6.07, 6.45) is 0.247. The highest BCUT2D eigenvalue weighted by molar-refractivity contribution is 6.70. The van der Waals surface area contributed by atoms with Gasteiger partial charge >= 0.3 is 6.03 Å². The molecule has 0 saturated carbocycles. The number of urea groups is 1. The van der Waals surface area contributed by atoms with Crippen LogP contribution in [0.2, 0.25) is 0 Å². The first-order chi connectivity index (χ1) is 9.63. The first-order valence-electron chi connectivity index (χ1n) is 5.82. The van der Waals surface area contributed by atoms with Crippen molar-refractivity contribution in [1.29, 1.82) is 0 Å². The summed E-state index contributed by atoms with van der Waals surface area (Å²) < 4.78 is 0. The number of hydrogen-bond acceptors (Lipinski definition) is 4. The summed E-state index contributed by atoms with van der Waals surface area (Å²) in [5.74, 6) is -0.651. The molecule has 2 rings (SSSR count). The molecule has 0 aliphatic carbocycles. The average molecular weight is 272 g/mol. The van der Waals surface area contributed by atoms with Crippen LogP contribution in [0.1, 0.15) is 5.56 Å². The quantitative estimate of drug-likeness (QED) is 0.805. The molecule has 1 aliphatic heterocycles. The van der Waals surface area contributed by atoms with Crippen LogP contribution in [0.25, 0.3) is 0 Å². The lowest BCUT2D eigenvalue weighted by Crippen LogP contribution is -2.57. The third kappa shape index (κ3) is 2.77. The van der Waals surface area contributed by atoms with E-state index in [1.807, 2.05) is 30.3 Å². The van der Waals surface area contributed by atoms with Gasteiger partial charge in [0.25, 0.3) is 5.91 Å². The van der Waals surface area contributed by atoms with E-state index >= 15 is 0 Å². The van der Waals surface area contributed by atoms with Crippen LogP contribution in [0, 0.1) is 0 Å². The van der Waals surface area contributed by atoms with E-state index in [-0.39, 0.29) is 24.5 Å². The summed E-state index contributed by atoms with van der Waals surface area (Å²) in [5, 5.41) is 2.43. The van der Waals surface area contributed by atoms with E-state index in [2.05, 4.69) is 15.3 Å². The molecule has 1 fully saturated rings. The van der Waals surface area contributed by atoms with Crippen LogP contribution in [-0.4, -0.2) is 41.8 Å². The molecule has 0 spiro atoms. The van der Waals surface area contributed by atoms with Gasteiger partial charge in [-0.2, -0.15) is 0 Å². The molecule has 7 heteroatoms. The Labute approximate surface area is 115 Å². The number of carbonyl (C=O) groups is 3. The van der Waals surface area contributed by atoms with Crippen molar-refractivity contribution in [2.75, 3.05) is 7.05 Å². The first-order valence-corrected chi connectivity index (χ1v) is 5.82. The molecule has 1 aromatic rings. The average Bonchev–Trinajstić information content (AvgIpc) is 2.47. The van der Waals surface area contributed by atoms with E-state index in [1.165, 1.54) is 7.05 Å².